The van der Waals surface area contributed by atoms with Crippen LogP contribution in [0, 0.1) is 0 Å². The monoisotopic (exact) mass is 543 g/mol. The van der Waals surface area contributed by atoms with Gasteiger partial charge in [0.05, 0.1) is 32.5 Å². The van der Waals surface area contributed by atoms with E-state index in [0.29, 0.717) is 12.6 Å². The molecule has 3 aliphatic heterocycles. The molecule has 0 spiro atoms. The number of hydrogen-bond acceptors (Lipinski definition) is 5. The van der Waals surface area contributed by atoms with Gasteiger partial charge in [-0.1, -0.05) is 24.3 Å². The van der Waals surface area contributed by atoms with E-state index in [9.17, 15) is 0 Å². The predicted octanol–water partition coefficient (Wildman–Crippen LogP) is 2.06. The first-order valence-corrected chi connectivity index (χ1v) is 11.6. The second-order valence-electron chi connectivity index (χ2n) is 8.48. The second-order valence-corrected chi connectivity index (χ2v) is 8.48. The van der Waals surface area contributed by atoms with Gasteiger partial charge >= 0.3 is 0 Å². The number of aliphatic imine (C=N–C) groups is 1. The third-order valence-electron chi connectivity index (χ3n) is 6.33. The third-order valence-corrected chi connectivity index (χ3v) is 6.33. The molecule has 2 unspecified atom stereocenters. The summed E-state index contributed by atoms with van der Waals surface area (Å²) in [6, 6.07) is 9.30. The number of guanidine groups is 1. The van der Waals surface area contributed by atoms with Crippen molar-refractivity contribution in [2.45, 2.75) is 45.0 Å². The van der Waals surface area contributed by atoms with Gasteiger partial charge in [0.2, 0.25) is 0 Å². The van der Waals surface area contributed by atoms with Gasteiger partial charge in [-0.2, -0.15) is 0 Å². The Balaban J connectivity index is 0.00000272. The maximum absolute atomic E-state index is 6.08. The van der Waals surface area contributed by atoms with Crippen LogP contribution in [0.15, 0.2) is 29.3 Å². The molecular formula is C23H38IN5O2. The fraction of sp³-hybridized carbons (Fsp3) is 0.696. The van der Waals surface area contributed by atoms with Crippen LogP contribution in [-0.4, -0.2) is 87.0 Å². The quantitative estimate of drug-likeness (QED) is 0.312. The highest BCUT2D eigenvalue weighted by molar-refractivity contribution is 14.0. The molecule has 0 aliphatic carbocycles. The summed E-state index contributed by atoms with van der Waals surface area (Å²) in [5, 5.41) is 6.88. The zero-order chi connectivity index (χ0) is 20.6. The van der Waals surface area contributed by atoms with Gasteiger partial charge in [-0.15, -0.1) is 24.0 Å². The van der Waals surface area contributed by atoms with Gasteiger partial charge < -0.3 is 20.1 Å². The van der Waals surface area contributed by atoms with Crippen molar-refractivity contribution >= 4 is 29.9 Å². The number of benzene rings is 1. The van der Waals surface area contributed by atoms with Crippen molar-refractivity contribution in [2.24, 2.45) is 4.99 Å². The van der Waals surface area contributed by atoms with E-state index in [1.807, 2.05) is 0 Å². The average molecular weight is 543 g/mol. The van der Waals surface area contributed by atoms with Crippen molar-refractivity contribution in [3.8, 4) is 0 Å². The number of fused-ring (bicyclic) bond motifs is 1. The fourth-order valence-electron chi connectivity index (χ4n) is 4.59. The number of ether oxygens (including phenoxy) is 2. The topological polar surface area (TPSA) is 61.4 Å². The molecule has 0 amide bonds. The van der Waals surface area contributed by atoms with Gasteiger partial charge in [0.15, 0.2) is 5.96 Å². The molecule has 8 heteroatoms. The average Bonchev–Trinajstić information content (AvgIpc) is 3.25. The lowest BCUT2D eigenvalue weighted by atomic mass is 10.1. The molecule has 3 saturated heterocycles. The zero-order valence-corrected chi connectivity index (χ0v) is 21.1. The zero-order valence-electron chi connectivity index (χ0n) is 18.7. The molecule has 3 fully saturated rings. The Hall–Kier alpha value is -0.940. The Morgan fingerprint density at radius 3 is 2.74 bits per heavy atom. The summed E-state index contributed by atoms with van der Waals surface area (Å²) in [7, 11) is 0. The molecule has 1 aromatic carbocycles. The molecule has 0 bridgehead atoms. The lowest BCUT2D eigenvalue weighted by Crippen LogP contribution is -2.51. The van der Waals surface area contributed by atoms with E-state index in [4.69, 9.17) is 14.5 Å². The summed E-state index contributed by atoms with van der Waals surface area (Å²) >= 11 is 0. The molecule has 0 aromatic heterocycles. The lowest BCUT2D eigenvalue weighted by Gasteiger charge is -2.35. The van der Waals surface area contributed by atoms with Gasteiger partial charge in [-0.05, 0) is 37.4 Å². The Labute approximate surface area is 204 Å². The molecule has 2 atom stereocenters. The van der Waals surface area contributed by atoms with Gasteiger partial charge in [-0.25, -0.2) is 4.99 Å². The molecule has 7 nitrogen and oxygen atoms in total. The number of morpholine rings is 2. The van der Waals surface area contributed by atoms with Crippen molar-refractivity contribution in [3.05, 3.63) is 35.4 Å². The molecular weight excluding hydrogens is 505 g/mol. The van der Waals surface area contributed by atoms with E-state index in [2.05, 4.69) is 51.6 Å². The first-order valence-electron chi connectivity index (χ1n) is 11.6. The molecule has 3 heterocycles. The largest absolute Gasteiger partial charge is 0.379 e. The number of halogens is 1. The first-order chi connectivity index (χ1) is 14.8. The summed E-state index contributed by atoms with van der Waals surface area (Å²) in [5.74, 6) is 0.867. The molecule has 2 N–H and O–H groups in total. The van der Waals surface area contributed by atoms with Crippen LogP contribution in [0.3, 0.4) is 0 Å². The van der Waals surface area contributed by atoms with Gasteiger partial charge in [0.25, 0.3) is 0 Å². The van der Waals surface area contributed by atoms with Gasteiger partial charge in [-0.3, -0.25) is 9.80 Å². The maximum Gasteiger partial charge on any atom is 0.191 e. The number of hydrogen-bond donors (Lipinski definition) is 2. The van der Waals surface area contributed by atoms with Crippen LogP contribution >= 0.6 is 24.0 Å². The smallest absolute Gasteiger partial charge is 0.191 e. The Morgan fingerprint density at radius 1 is 1.13 bits per heavy atom. The highest BCUT2D eigenvalue weighted by Crippen LogP contribution is 2.22. The van der Waals surface area contributed by atoms with E-state index in [-0.39, 0.29) is 30.1 Å². The van der Waals surface area contributed by atoms with E-state index in [0.717, 1.165) is 65.0 Å². The molecule has 4 rings (SSSR count). The summed E-state index contributed by atoms with van der Waals surface area (Å²) in [6.45, 7) is 12.2. The van der Waals surface area contributed by atoms with Crippen molar-refractivity contribution < 1.29 is 9.47 Å². The predicted molar refractivity (Wildman–Crippen MR) is 135 cm³/mol. The molecule has 174 valence electrons. The first kappa shape index (κ1) is 24.7. The minimum absolute atomic E-state index is 0. The number of rotatable bonds is 7. The highest BCUT2D eigenvalue weighted by atomic mass is 127. The van der Waals surface area contributed by atoms with Crippen LogP contribution < -0.4 is 10.6 Å². The standard InChI is InChI=1S/C23H37N5O2.HI/c1-2-24-23(26-15-22-17-28-9-5-8-21(28)18-30-22)25-14-19-6-3-4-7-20(19)16-27-10-12-29-13-11-27;/h3-4,6-7,21-22H,2,5,8-18H2,1H3,(H2,24,25,26);1H. The van der Waals surface area contributed by atoms with E-state index >= 15 is 0 Å². The summed E-state index contributed by atoms with van der Waals surface area (Å²) in [6.07, 6.45) is 2.83. The van der Waals surface area contributed by atoms with E-state index in [1.54, 1.807) is 0 Å². The lowest BCUT2D eigenvalue weighted by molar-refractivity contribution is -0.0453. The number of nitrogens with one attached hydrogen (secondary N) is 2. The van der Waals surface area contributed by atoms with E-state index in [1.165, 1.54) is 30.5 Å². The Kier molecular flexibility index (Phi) is 10.3. The van der Waals surface area contributed by atoms with Gasteiger partial charge in [0.1, 0.15) is 0 Å². The third kappa shape index (κ3) is 7.28. The maximum atomic E-state index is 6.08. The van der Waals surface area contributed by atoms with Crippen LogP contribution in [-0.2, 0) is 22.6 Å². The van der Waals surface area contributed by atoms with Crippen LogP contribution in [0.2, 0.25) is 0 Å². The van der Waals surface area contributed by atoms with Crippen LogP contribution in [0.5, 0.6) is 0 Å². The van der Waals surface area contributed by atoms with Crippen molar-refractivity contribution in [2.75, 3.05) is 59.1 Å². The summed E-state index contributed by atoms with van der Waals surface area (Å²) < 4.78 is 11.6. The van der Waals surface area contributed by atoms with Crippen molar-refractivity contribution in [1.29, 1.82) is 0 Å². The van der Waals surface area contributed by atoms with Crippen LogP contribution in [0.4, 0.5) is 0 Å². The Bertz CT molecular complexity index is 698. The highest BCUT2D eigenvalue weighted by Gasteiger charge is 2.32. The minimum Gasteiger partial charge on any atom is -0.379 e. The fourth-order valence-corrected chi connectivity index (χ4v) is 4.59. The van der Waals surface area contributed by atoms with Crippen LogP contribution in [0.1, 0.15) is 30.9 Å². The SMILES string of the molecule is CCNC(=NCc1ccccc1CN1CCOCC1)NCC1CN2CCCC2CO1.I. The molecule has 3 aliphatic rings. The van der Waals surface area contributed by atoms with Crippen LogP contribution in [0.25, 0.3) is 0 Å². The molecule has 31 heavy (non-hydrogen) atoms. The summed E-state index contributed by atoms with van der Waals surface area (Å²) in [4.78, 5) is 9.92. The van der Waals surface area contributed by atoms with Crippen molar-refractivity contribution in [1.82, 2.24) is 20.4 Å². The second kappa shape index (κ2) is 12.9. The summed E-state index contributed by atoms with van der Waals surface area (Å²) in [5.41, 5.74) is 2.64. The minimum atomic E-state index is 0. The molecule has 0 radical (unpaired) electrons. The van der Waals surface area contributed by atoms with E-state index < -0.39 is 0 Å². The normalized spacial score (nSPS) is 25.0. The van der Waals surface area contributed by atoms with Crippen molar-refractivity contribution in [3.63, 3.8) is 0 Å². The molecule has 1 aromatic rings. The molecule has 0 saturated carbocycles. The van der Waals surface area contributed by atoms with Gasteiger partial charge in [0, 0.05) is 45.3 Å². The number of nitrogens with zero attached hydrogens (tertiary/aromatic N) is 3. The Morgan fingerprint density at radius 2 is 1.94 bits per heavy atom.